The molecule has 0 aromatic carbocycles. The molecule has 2 saturated heterocycles. The van der Waals surface area contributed by atoms with E-state index in [0.717, 1.165) is 12.7 Å². The standard InChI is InChI=1S/C15H26N2O5S/c1-4-11(2)13-9-22-15(19)17(13)12-5-7-16(8-6-12)14(18)10-23(3,20)21/h11-13H,4-10H2,1-3H3/t11-,13-/m0/s1. The highest BCUT2D eigenvalue weighted by Crippen LogP contribution is 2.28. The number of amides is 2. The fourth-order valence-corrected chi connectivity index (χ4v) is 3.92. The largest absolute Gasteiger partial charge is 0.447 e. The van der Waals surface area contributed by atoms with Crippen LogP contribution in [0.2, 0.25) is 0 Å². The number of rotatable bonds is 5. The summed E-state index contributed by atoms with van der Waals surface area (Å²) in [6.45, 7) is 5.61. The molecule has 2 rings (SSSR count). The highest BCUT2D eigenvalue weighted by atomic mass is 32.2. The summed E-state index contributed by atoms with van der Waals surface area (Å²) in [7, 11) is -3.31. The number of hydrogen-bond donors (Lipinski definition) is 0. The van der Waals surface area contributed by atoms with Gasteiger partial charge in [0, 0.05) is 25.4 Å². The minimum absolute atomic E-state index is 0.0614. The Hall–Kier alpha value is -1.31. The quantitative estimate of drug-likeness (QED) is 0.738. The lowest BCUT2D eigenvalue weighted by Gasteiger charge is -2.39. The van der Waals surface area contributed by atoms with Gasteiger partial charge in [-0.1, -0.05) is 20.3 Å². The number of sulfone groups is 1. The van der Waals surface area contributed by atoms with Gasteiger partial charge in [0.05, 0.1) is 6.04 Å². The van der Waals surface area contributed by atoms with Gasteiger partial charge in [0.1, 0.15) is 12.4 Å². The minimum atomic E-state index is -3.31. The molecule has 23 heavy (non-hydrogen) atoms. The smallest absolute Gasteiger partial charge is 0.410 e. The van der Waals surface area contributed by atoms with E-state index in [1.54, 1.807) is 4.90 Å². The van der Waals surface area contributed by atoms with Crippen molar-refractivity contribution >= 4 is 21.8 Å². The normalized spacial score (nSPS) is 24.7. The molecule has 0 unspecified atom stereocenters. The predicted molar refractivity (Wildman–Crippen MR) is 85.7 cm³/mol. The number of carbonyl (C=O) groups excluding carboxylic acids is 2. The molecular formula is C15H26N2O5S. The molecule has 2 fully saturated rings. The minimum Gasteiger partial charge on any atom is -0.447 e. The Kier molecular flexibility index (Phi) is 5.54. The zero-order valence-electron chi connectivity index (χ0n) is 14.0. The Balaban J connectivity index is 1.95. The summed E-state index contributed by atoms with van der Waals surface area (Å²) < 4.78 is 27.7. The molecule has 0 spiro atoms. The molecule has 2 atom stereocenters. The van der Waals surface area contributed by atoms with Gasteiger partial charge >= 0.3 is 6.09 Å². The number of carbonyl (C=O) groups is 2. The molecule has 0 bridgehead atoms. The van der Waals surface area contributed by atoms with Gasteiger partial charge in [0.2, 0.25) is 5.91 Å². The molecular weight excluding hydrogens is 320 g/mol. The van der Waals surface area contributed by atoms with Gasteiger partial charge in [-0.2, -0.15) is 0 Å². The fraction of sp³-hybridized carbons (Fsp3) is 0.867. The van der Waals surface area contributed by atoms with Crippen LogP contribution in [-0.4, -0.2) is 74.0 Å². The summed E-state index contributed by atoms with van der Waals surface area (Å²) in [4.78, 5) is 27.4. The summed E-state index contributed by atoms with van der Waals surface area (Å²) in [5.74, 6) is -0.432. The third kappa shape index (κ3) is 4.37. The van der Waals surface area contributed by atoms with Gasteiger partial charge in [0.15, 0.2) is 9.84 Å². The first-order valence-corrected chi connectivity index (χ1v) is 10.2. The molecule has 0 aromatic heterocycles. The van der Waals surface area contributed by atoms with Crippen LogP contribution in [0.15, 0.2) is 0 Å². The second-order valence-corrected chi connectivity index (χ2v) is 8.76. The molecule has 7 nitrogen and oxygen atoms in total. The van der Waals surface area contributed by atoms with Crippen LogP contribution in [-0.2, 0) is 19.4 Å². The van der Waals surface area contributed by atoms with Crippen LogP contribution in [0.3, 0.4) is 0 Å². The second kappa shape index (κ2) is 7.07. The number of hydrogen-bond acceptors (Lipinski definition) is 5. The van der Waals surface area contributed by atoms with E-state index in [9.17, 15) is 18.0 Å². The number of ether oxygens (including phenoxy) is 1. The van der Waals surface area contributed by atoms with E-state index in [0.29, 0.717) is 38.5 Å². The average Bonchev–Trinajstić information content (AvgIpc) is 2.86. The van der Waals surface area contributed by atoms with Crippen molar-refractivity contribution in [2.24, 2.45) is 5.92 Å². The van der Waals surface area contributed by atoms with Crippen LogP contribution in [0.1, 0.15) is 33.1 Å². The third-order valence-corrected chi connectivity index (χ3v) is 5.61. The lowest BCUT2D eigenvalue weighted by atomic mass is 9.95. The Bertz CT molecular complexity index is 554. The molecule has 2 aliphatic heterocycles. The van der Waals surface area contributed by atoms with Crippen LogP contribution >= 0.6 is 0 Å². The van der Waals surface area contributed by atoms with Crippen LogP contribution in [0, 0.1) is 5.92 Å². The maximum absolute atomic E-state index is 12.1. The van der Waals surface area contributed by atoms with Crippen LogP contribution in [0.4, 0.5) is 4.79 Å². The van der Waals surface area contributed by atoms with E-state index < -0.39 is 15.6 Å². The summed E-state index contributed by atoms with van der Waals surface area (Å²) in [5, 5.41) is 0. The summed E-state index contributed by atoms with van der Waals surface area (Å²) in [5.41, 5.74) is 0. The van der Waals surface area contributed by atoms with E-state index in [1.807, 2.05) is 4.90 Å². The molecule has 2 heterocycles. The van der Waals surface area contributed by atoms with Crippen LogP contribution in [0.25, 0.3) is 0 Å². The van der Waals surface area contributed by atoms with Crippen LogP contribution in [0.5, 0.6) is 0 Å². The molecule has 2 aliphatic rings. The van der Waals surface area contributed by atoms with Crippen molar-refractivity contribution in [2.45, 2.75) is 45.2 Å². The topological polar surface area (TPSA) is 84.0 Å². The monoisotopic (exact) mass is 346 g/mol. The van der Waals surface area contributed by atoms with Crippen molar-refractivity contribution in [3.8, 4) is 0 Å². The lowest BCUT2D eigenvalue weighted by Crippen LogP contribution is -2.51. The van der Waals surface area contributed by atoms with Crippen molar-refractivity contribution in [1.29, 1.82) is 0 Å². The highest BCUT2D eigenvalue weighted by Gasteiger charge is 2.41. The van der Waals surface area contributed by atoms with E-state index in [1.165, 1.54) is 0 Å². The zero-order chi connectivity index (χ0) is 17.2. The first-order valence-electron chi connectivity index (χ1n) is 8.13. The van der Waals surface area contributed by atoms with E-state index in [2.05, 4.69) is 13.8 Å². The van der Waals surface area contributed by atoms with Gasteiger partial charge in [-0.05, 0) is 18.8 Å². The Morgan fingerprint density at radius 1 is 1.35 bits per heavy atom. The molecule has 0 N–H and O–H groups in total. The van der Waals surface area contributed by atoms with Crippen molar-refractivity contribution in [3.63, 3.8) is 0 Å². The van der Waals surface area contributed by atoms with Gasteiger partial charge in [-0.25, -0.2) is 13.2 Å². The summed E-state index contributed by atoms with van der Waals surface area (Å²) in [6, 6.07) is 0.155. The molecule has 0 radical (unpaired) electrons. The SMILES string of the molecule is CC[C@H](C)[C@@H]1COC(=O)N1C1CCN(C(=O)CS(C)(=O)=O)CC1. The number of piperidine rings is 1. The van der Waals surface area contributed by atoms with E-state index in [-0.39, 0.29) is 24.1 Å². The van der Waals surface area contributed by atoms with Gasteiger partial charge in [0.25, 0.3) is 0 Å². The maximum Gasteiger partial charge on any atom is 0.410 e. The molecule has 0 aliphatic carbocycles. The van der Waals surface area contributed by atoms with E-state index >= 15 is 0 Å². The molecule has 132 valence electrons. The fourth-order valence-electron chi connectivity index (χ4n) is 3.29. The maximum atomic E-state index is 12.1. The predicted octanol–water partition coefficient (Wildman–Crippen LogP) is 0.889. The van der Waals surface area contributed by atoms with Crippen molar-refractivity contribution in [1.82, 2.24) is 9.80 Å². The van der Waals surface area contributed by atoms with Gasteiger partial charge in [-0.3, -0.25) is 9.69 Å². The Labute approximate surface area is 137 Å². The Morgan fingerprint density at radius 3 is 2.48 bits per heavy atom. The summed E-state index contributed by atoms with van der Waals surface area (Å²) >= 11 is 0. The average molecular weight is 346 g/mol. The molecule has 2 amide bonds. The van der Waals surface area contributed by atoms with E-state index in [4.69, 9.17) is 4.74 Å². The van der Waals surface area contributed by atoms with Crippen molar-refractivity contribution in [2.75, 3.05) is 31.7 Å². The zero-order valence-corrected chi connectivity index (χ0v) is 14.8. The highest BCUT2D eigenvalue weighted by molar-refractivity contribution is 7.91. The van der Waals surface area contributed by atoms with Crippen molar-refractivity contribution < 1.29 is 22.7 Å². The lowest BCUT2D eigenvalue weighted by molar-refractivity contribution is -0.129. The molecule has 0 aromatic rings. The number of likely N-dealkylation sites (tertiary alicyclic amines) is 1. The molecule has 8 heteroatoms. The Morgan fingerprint density at radius 2 is 1.96 bits per heavy atom. The van der Waals surface area contributed by atoms with Crippen molar-refractivity contribution in [3.05, 3.63) is 0 Å². The molecule has 0 saturated carbocycles. The first-order chi connectivity index (χ1) is 10.7. The van der Waals surface area contributed by atoms with Gasteiger partial charge < -0.3 is 9.64 Å². The summed E-state index contributed by atoms with van der Waals surface area (Å²) in [6.07, 6.45) is 3.10. The second-order valence-electron chi connectivity index (χ2n) is 6.62. The van der Waals surface area contributed by atoms with Gasteiger partial charge in [-0.15, -0.1) is 0 Å². The number of cyclic esters (lactones) is 1. The first kappa shape index (κ1) is 18.0. The third-order valence-electron chi connectivity index (χ3n) is 4.84. The van der Waals surface area contributed by atoms with Crippen LogP contribution < -0.4 is 0 Å². The number of nitrogens with zero attached hydrogens (tertiary/aromatic N) is 2.